The number of piperazine rings is 1. The first kappa shape index (κ1) is 46.0. The predicted molar refractivity (Wildman–Crippen MR) is 245 cm³/mol. The number of nitrogens with one attached hydrogen (secondary N) is 4. The summed E-state index contributed by atoms with van der Waals surface area (Å²) in [5.41, 5.74) is 3.41. The van der Waals surface area contributed by atoms with Crippen LogP contribution in [0.5, 0.6) is 0 Å². The molecule has 11 atom stereocenters. The van der Waals surface area contributed by atoms with Crippen molar-refractivity contribution in [2.75, 3.05) is 32.7 Å². The fourth-order valence-corrected chi connectivity index (χ4v) is 15.6. The topological polar surface area (TPSA) is 160 Å². The van der Waals surface area contributed by atoms with E-state index in [1.807, 2.05) is 13.0 Å². The SMILES string of the molecule is C[C@@H](C(NC(=O)c1ccc(CNC(=O)C2=CC(CCNC(=O)C34CCCC3C3CCC5C6(C)CCC(O)C(C)(C)C6CCC5(C)[C@]3(C)CC4)=CCC2)cc1)C(=O)O)N1CCNCC1. The predicted octanol–water partition coefficient (Wildman–Crippen LogP) is 7.15. The Bertz CT molecular complexity index is 1970. The molecule has 1 aromatic carbocycles. The standard InChI is InChI=1S/C52H77N5O6/c1-33(57-29-27-53-28-30-57)43(46(61)62)56-45(60)36-14-12-35(13-15-36)32-55-44(59)37-10-7-9-34(31-37)20-26-54-47(63)52-21-8-11-39(52)38-16-17-41-49(4)22-19-42(58)48(2,3)40(49)18-23-51(41,6)50(38,5)24-25-52/h9,12-15,31,33,38-43,53,58H,7-8,10-11,16-30,32H2,1-6H3,(H,54,63)(H,55,59)(H,56,60)(H,61,62)/t33-,38?,39?,40?,41?,42?,43?,49?,50+,51?,52?/m0/s1. The fraction of sp³-hybridized carbons (Fsp3) is 0.731. The van der Waals surface area contributed by atoms with E-state index in [4.69, 9.17) is 0 Å². The largest absolute Gasteiger partial charge is 0.480 e. The molecule has 6 aliphatic carbocycles. The molecule has 7 aliphatic rings. The normalized spacial score (nSPS) is 37.0. The van der Waals surface area contributed by atoms with Gasteiger partial charge in [-0.2, -0.15) is 0 Å². The summed E-state index contributed by atoms with van der Waals surface area (Å²) in [6.45, 7) is 18.2. The molecule has 9 unspecified atom stereocenters. The van der Waals surface area contributed by atoms with Crippen molar-refractivity contribution >= 4 is 23.7 Å². The molecule has 1 heterocycles. The molecule has 1 aliphatic heterocycles. The van der Waals surface area contributed by atoms with Crippen molar-refractivity contribution in [1.82, 2.24) is 26.2 Å². The number of rotatable bonds is 12. The lowest BCUT2D eigenvalue weighted by molar-refractivity contribution is -0.244. The summed E-state index contributed by atoms with van der Waals surface area (Å²) in [4.78, 5) is 55.0. The van der Waals surface area contributed by atoms with Gasteiger partial charge >= 0.3 is 5.97 Å². The highest BCUT2D eigenvalue weighted by molar-refractivity contribution is 5.97. The first-order valence-corrected chi connectivity index (χ1v) is 24.7. The van der Waals surface area contributed by atoms with Crippen LogP contribution >= 0.6 is 0 Å². The molecule has 0 radical (unpaired) electrons. The van der Waals surface area contributed by atoms with E-state index in [-0.39, 0.29) is 51.0 Å². The van der Waals surface area contributed by atoms with Crippen LogP contribution in [0.1, 0.15) is 147 Å². The van der Waals surface area contributed by atoms with Crippen molar-refractivity contribution in [3.8, 4) is 0 Å². The molecule has 11 nitrogen and oxygen atoms in total. The zero-order valence-electron chi connectivity index (χ0n) is 39.1. The van der Waals surface area contributed by atoms with Gasteiger partial charge in [0.15, 0.2) is 0 Å². The van der Waals surface area contributed by atoms with Gasteiger partial charge in [0.1, 0.15) is 6.04 Å². The number of benzene rings is 1. The Kier molecular flexibility index (Phi) is 12.9. The van der Waals surface area contributed by atoms with Crippen LogP contribution in [-0.2, 0) is 20.9 Å². The highest BCUT2D eigenvalue weighted by Gasteiger charge is 2.70. The van der Waals surface area contributed by atoms with Crippen LogP contribution in [0, 0.1) is 50.7 Å². The number of carboxylic acid groups (broad SMARTS) is 1. The minimum atomic E-state index is -1.06. The highest BCUT2D eigenvalue weighted by Crippen LogP contribution is 2.76. The molecule has 346 valence electrons. The number of hydrogen-bond acceptors (Lipinski definition) is 7. The lowest BCUT2D eigenvalue weighted by Gasteiger charge is -2.72. The Morgan fingerprint density at radius 2 is 1.57 bits per heavy atom. The van der Waals surface area contributed by atoms with E-state index in [0.717, 1.165) is 94.3 Å². The number of aliphatic hydroxyl groups excluding tert-OH is 1. The minimum Gasteiger partial charge on any atom is -0.480 e. The van der Waals surface area contributed by atoms with Crippen molar-refractivity contribution in [2.45, 2.75) is 156 Å². The summed E-state index contributed by atoms with van der Waals surface area (Å²) in [6, 6.07) is 5.52. The van der Waals surface area contributed by atoms with Crippen LogP contribution < -0.4 is 21.3 Å². The number of allylic oxidation sites excluding steroid dienone is 2. The monoisotopic (exact) mass is 868 g/mol. The van der Waals surface area contributed by atoms with Gasteiger partial charge in [0.05, 0.1) is 11.5 Å². The lowest BCUT2D eigenvalue weighted by Crippen LogP contribution is -2.67. The summed E-state index contributed by atoms with van der Waals surface area (Å²) >= 11 is 0. The van der Waals surface area contributed by atoms with Gasteiger partial charge in [-0.3, -0.25) is 19.3 Å². The molecule has 5 saturated carbocycles. The number of fused-ring (bicyclic) bond motifs is 7. The maximum Gasteiger partial charge on any atom is 0.327 e. The third kappa shape index (κ3) is 8.12. The Hall–Kier alpha value is -3.54. The number of hydrogen-bond donors (Lipinski definition) is 6. The van der Waals surface area contributed by atoms with Gasteiger partial charge in [-0.05, 0) is 159 Å². The maximum atomic E-state index is 14.5. The van der Waals surface area contributed by atoms with Crippen LogP contribution in [-0.4, -0.2) is 89.7 Å². The summed E-state index contributed by atoms with van der Waals surface area (Å²) in [7, 11) is 0. The van der Waals surface area contributed by atoms with Crippen LogP contribution in [0.15, 0.2) is 47.6 Å². The van der Waals surface area contributed by atoms with E-state index in [0.29, 0.717) is 55.2 Å². The fourth-order valence-electron chi connectivity index (χ4n) is 15.6. The second-order valence-corrected chi connectivity index (χ2v) is 22.4. The van der Waals surface area contributed by atoms with E-state index < -0.39 is 17.9 Å². The minimum absolute atomic E-state index is 0.0466. The van der Waals surface area contributed by atoms with Gasteiger partial charge in [-0.1, -0.05) is 65.3 Å². The zero-order chi connectivity index (χ0) is 45.0. The number of carbonyl (C=O) groups excluding carboxylic acids is 3. The number of amides is 3. The van der Waals surface area contributed by atoms with Crippen molar-refractivity contribution in [1.29, 1.82) is 0 Å². The molecule has 1 saturated heterocycles. The van der Waals surface area contributed by atoms with Crippen molar-refractivity contribution < 1.29 is 29.4 Å². The molecule has 3 amide bonds. The molecule has 6 N–H and O–H groups in total. The van der Waals surface area contributed by atoms with E-state index in [9.17, 15) is 29.4 Å². The van der Waals surface area contributed by atoms with Crippen molar-refractivity contribution in [2.24, 2.45) is 50.7 Å². The molecule has 0 spiro atoms. The molecule has 63 heavy (non-hydrogen) atoms. The van der Waals surface area contributed by atoms with Crippen LogP contribution in [0.25, 0.3) is 0 Å². The van der Waals surface area contributed by atoms with Gasteiger partial charge in [-0.15, -0.1) is 0 Å². The van der Waals surface area contributed by atoms with E-state index in [1.54, 1.807) is 24.3 Å². The van der Waals surface area contributed by atoms with E-state index in [2.05, 4.69) is 66.9 Å². The smallest absolute Gasteiger partial charge is 0.327 e. The molecule has 6 fully saturated rings. The zero-order valence-corrected chi connectivity index (χ0v) is 39.1. The van der Waals surface area contributed by atoms with E-state index in [1.165, 1.54) is 25.7 Å². The molecule has 0 bridgehead atoms. The molecule has 8 rings (SSSR count). The van der Waals surface area contributed by atoms with Crippen LogP contribution in [0.2, 0.25) is 0 Å². The quantitative estimate of drug-likeness (QED) is 0.129. The molecule has 11 heteroatoms. The lowest BCUT2D eigenvalue weighted by atomic mass is 9.32. The van der Waals surface area contributed by atoms with Crippen LogP contribution in [0.3, 0.4) is 0 Å². The van der Waals surface area contributed by atoms with Crippen molar-refractivity contribution in [3.63, 3.8) is 0 Å². The third-order valence-corrected chi connectivity index (χ3v) is 19.4. The molecular weight excluding hydrogens is 791 g/mol. The first-order chi connectivity index (χ1) is 29.9. The van der Waals surface area contributed by atoms with Crippen LogP contribution in [0.4, 0.5) is 0 Å². The Balaban J connectivity index is 0.830. The number of aliphatic hydroxyl groups is 1. The van der Waals surface area contributed by atoms with Gasteiger partial charge in [0.2, 0.25) is 11.8 Å². The second kappa shape index (κ2) is 17.7. The Labute approximate surface area is 376 Å². The molecule has 0 aromatic heterocycles. The van der Waals surface area contributed by atoms with Gasteiger partial charge in [0, 0.05) is 56.4 Å². The number of aliphatic carboxylic acids is 1. The Morgan fingerprint density at radius 1 is 0.825 bits per heavy atom. The van der Waals surface area contributed by atoms with Gasteiger partial charge < -0.3 is 31.5 Å². The Morgan fingerprint density at radius 3 is 2.30 bits per heavy atom. The summed E-state index contributed by atoms with van der Waals surface area (Å²) in [5.74, 6) is 0.847. The summed E-state index contributed by atoms with van der Waals surface area (Å²) < 4.78 is 0. The average Bonchev–Trinajstić information content (AvgIpc) is 3.72. The molecular formula is C52H77N5O6. The first-order valence-electron chi connectivity index (χ1n) is 24.7. The molecule has 1 aromatic rings. The third-order valence-electron chi connectivity index (χ3n) is 19.4. The number of carboxylic acids is 1. The second-order valence-electron chi connectivity index (χ2n) is 22.4. The van der Waals surface area contributed by atoms with Gasteiger partial charge in [0.25, 0.3) is 5.91 Å². The summed E-state index contributed by atoms with van der Waals surface area (Å²) in [5, 5.41) is 33.4. The number of nitrogens with zero attached hydrogens (tertiary/aromatic N) is 1. The average molecular weight is 868 g/mol. The van der Waals surface area contributed by atoms with Crippen molar-refractivity contribution in [3.05, 3.63) is 58.7 Å². The summed E-state index contributed by atoms with van der Waals surface area (Å²) in [6.07, 6.45) is 18.4. The number of carbonyl (C=O) groups is 4. The highest BCUT2D eigenvalue weighted by atomic mass is 16.4. The van der Waals surface area contributed by atoms with Gasteiger partial charge in [-0.25, -0.2) is 4.79 Å². The van der Waals surface area contributed by atoms with E-state index >= 15 is 0 Å². The maximum absolute atomic E-state index is 14.5.